The normalized spacial score (nSPS) is 15.4. The van der Waals surface area contributed by atoms with Crippen molar-refractivity contribution < 1.29 is 0 Å². The summed E-state index contributed by atoms with van der Waals surface area (Å²) in [5.74, 6) is 1.05. The maximum absolute atomic E-state index is 4.79. The average Bonchev–Trinajstić information content (AvgIpc) is 3.21. The maximum Gasteiger partial charge on any atom is 0.147 e. The Morgan fingerprint density at radius 2 is 2.05 bits per heavy atom. The Bertz CT molecular complexity index is 421. The SMILES string of the molecule is CCCCN(c1cncc(CNC(C)(C)C)n1)C1CC1. The molecule has 1 aliphatic carbocycles. The lowest BCUT2D eigenvalue weighted by Gasteiger charge is -2.24. The molecule has 1 N–H and O–H groups in total. The largest absolute Gasteiger partial charge is 0.352 e. The minimum Gasteiger partial charge on any atom is -0.352 e. The second-order valence-electron chi connectivity index (χ2n) is 6.75. The van der Waals surface area contributed by atoms with Crippen molar-refractivity contribution in [3.8, 4) is 0 Å². The Hall–Kier alpha value is -1.16. The van der Waals surface area contributed by atoms with Crippen LogP contribution in [0.5, 0.6) is 0 Å². The first kappa shape index (κ1) is 15.2. The summed E-state index contributed by atoms with van der Waals surface area (Å²) in [7, 11) is 0. The van der Waals surface area contributed by atoms with E-state index in [0.29, 0.717) is 6.04 Å². The van der Waals surface area contributed by atoms with Gasteiger partial charge in [0.25, 0.3) is 0 Å². The summed E-state index contributed by atoms with van der Waals surface area (Å²) in [6.07, 6.45) is 8.83. The smallest absolute Gasteiger partial charge is 0.147 e. The third-order valence-electron chi connectivity index (χ3n) is 3.51. The van der Waals surface area contributed by atoms with Crippen LogP contribution in [0.25, 0.3) is 0 Å². The van der Waals surface area contributed by atoms with E-state index in [1.165, 1.54) is 25.7 Å². The molecule has 1 heterocycles. The summed E-state index contributed by atoms with van der Waals surface area (Å²) in [6.45, 7) is 10.6. The first-order valence-corrected chi connectivity index (χ1v) is 7.82. The van der Waals surface area contributed by atoms with Crippen LogP contribution >= 0.6 is 0 Å². The lowest BCUT2D eigenvalue weighted by Crippen LogP contribution is -2.35. The first-order valence-electron chi connectivity index (χ1n) is 7.82. The van der Waals surface area contributed by atoms with Crippen LogP contribution in [0.4, 0.5) is 5.82 Å². The molecule has 0 amide bonds. The van der Waals surface area contributed by atoms with Crippen molar-refractivity contribution in [3.63, 3.8) is 0 Å². The maximum atomic E-state index is 4.79. The van der Waals surface area contributed by atoms with Gasteiger partial charge in [0.15, 0.2) is 0 Å². The summed E-state index contributed by atoms with van der Waals surface area (Å²) >= 11 is 0. The number of rotatable bonds is 7. The lowest BCUT2D eigenvalue weighted by molar-refractivity contribution is 0.421. The third-order valence-corrected chi connectivity index (χ3v) is 3.51. The minimum absolute atomic E-state index is 0.107. The molecule has 0 saturated heterocycles. The lowest BCUT2D eigenvalue weighted by atomic mass is 10.1. The molecule has 0 unspecified atom stereocenters. The van der Waals surface area contributed by atoms with Gasteiger partial charge in [0.1, 0.15) is 5.82 Å². The molecule has 0 atom stereocenters. The van der Waals surface area contributed by atoms with Crippen LogP contribution in [0.2, 0.25) is 0 Å². The molecule has 1 aromatic rings. The predicted octanol–water partition coefficient (Wildman–Crippen LogP) is 3.13. The molecule has 1 fully saturated rings. The monoisotopic (exact) mass is 276 g/mol. The summed E-state index contributed by atoms with van der Waals surface area (Å²) in [6, 6.07) is 0.696. The Morgan fingerprint density at radius 3 is 2.65 bits per heavy atom. The van der Waals surface area contributed by atoms with E-state index in [4.69, 9.17) is 4.98 Å². The van der Waals surface area contributed by atoms with E-state index in [9.17, 15) is 0 Å². The fraction of sp³-hybridized carbons (Fsp3) is 0.750. The Morgan fingerprint density at radius 1 is 1.30 bits per heavy atom. The number of hydrogen-bond acceptors (Lipinski definition) is 4. The van der Waals surface area contributed by atoms with Crippen LogP contribution in [-0.4, -0.2) is 28.1 Å². The van der Waals surface area contributed by atoms with E-state index in [0.717, 1.165) is 24.6 Å². The van der Waals surface area contributed by atoms with E-state index in [-0.39, 0.29) is 5.54 Å². The summed E-state index contributed by atoms with van der Waals surface area (Å²) in [5.41, 5.74) is 1.13. The van der Waals surface area contributed by atoms with Gasteiger partial charge in [-0.15, -0.1) is 0 Å². The second kappa shape index (κ2) is 6.53. The van der Waals surface area contributed by atoms with Crippen molar-refractivity contribution >= 4 is 5.82 Å². The highest BCUT2D eigenvalue weighted by molar-refractivity contribution is 5.39. The van der Waals surface area contributed by atoms with Crippen molar-refractivity contribution in [1.29, 1.82) is 0 Å². The van der Waals surface area contributed by atoms with E-state index >= 15 is 0 Å². The zero-order valence-electron chi connectivity index (χ0n) is 13.3. The van der Waals surface area contributed by atoms with Crippen LogP contribution in [-0.2, 0) is 6.54 Å². The average molecular weight is 276 g/mol. The molecule has 4 heteroatoms. The van der Waals surface area contributed by atoms with Gasteiger partial charge in [-0.05, 0) is 40.0 Å². The zero-order valence-corrected chi connectivity index (χ0v) is 13.3. The molecule has 2 rings (SSSR count). The molecular formula is C16H28N4. The first-order chi connectivity index (χ1) is 9.49. The van der Waals surface area contributed by atoms with Crippen molar-refractivity contribution in [2.75, 3.05) is 11.4 Å². The van der Waals surface area contributed by atoms with Gasteiger partial charge in [-0.1, -0.05) is 13.3 Å². The number of aromatic nitrogens is 2. The molecule has 0 aliphatic heterocycles. The van der Waals surface area contributed by atoms with Crippen LogP contribution in [0.3, 0.4) is 0 Å². The number of anilines is 1. The molecule has 0 aromatic carbocycles. The van der Waals surface area contributed by atoms with Gasteiger partial charge in [0, 0.05) is 30.9 Å². The van der Waals surface area contributed by atoms with Crippen LogP contribution in [0.15, 0.2) is 12.4 Å². The standard InChI is InChI=1S/C16H28N4/c1-5-6-9-20(14-7-8-14)15-12-17-10-13(19-15)11-18-16(2,3)4/h10,12,14,18H,5-9,11H2,1-4H3. The van der Waals surface area contributed by atoms with E-state index in [2.05, 4.69) is 42.9 Å². The molecule has 112 valence electrons. The van der Waals surface area contributed by atoms with Crippen LogP contribution in [0, 0.1) is 0 Å². The van der Waals surface area contributed by atoms with Crippen molar-refractivity contribution in [3.05, 3.63) is 18.1 Å². The predicted molar refractivity (Wildman–Crippen MR) is 83.9 cm³/mol. The summed E-state index contributed by atoms with van der Waals surface area (Å²) in [4.78, 5) is 11.6. The molecule has 0 spiro atoms. The topological polar surface area (TPSA) is 41.1 Å². The Kier molecular flexibility index (Phi) is 4.97. The number of nitrogens with zero attached hydrogens (tertiary/aromatic N) is 3. The Balaban J connectivity index is 2.03. The highest BCUT2D eigenvalue weighted by atomic mass is 15.2. The van der Waals surface area contributed by atoms with Gasteiger partial charge in [-0.2, -0.15) is 0 Å². The molecule has 20 heavy (non-hydrogen) atoms. The van der Waals surface area contributed by atoms with Crippen molar-refractivity contribution in [2.45, 2.75) is 71.5 Å². The van der Waals surface area contributed by atoms with Gasteiger partial charge >= 0.3 is 0 Å². The molecule has 1 saturated carbocycles. The molecule has 0 radical (unpaired) electrons. The molecule has 1 aliphatic rings. The zero-order chi connectivity index (χ0) is 14.6. The number of hydrogen-bond donors (Lipinski definition) is 1. The summed E-state index contributed by atoms with van der Waals surface area (Å²) in [5, 5.41) is 3.47. The summed E-state index contributed by atoms with van der Waals surface area (Å²) < 4.78 is 0. The van der Waals surface area contributed by atoms with Crippen molar-refractivity contribution in [1.82, 2.24) is 15.3 Å². The van der Waals surface area contributed by atoms with Gasteiger partial charge < -0.3 is 10.2 Å². The fourth-order valence-corrected chi connectivity index (χ4v) is 2.17. The molecular weight excluding hydrogens is 248 g/mol. The highest BCUT2D eigenvalue weighted by Crippen LogP contribution is 2.30. The number of nitrogens with one attached hydrogen (secondary N) is 1. The highest BCUT2D eigenvalue weighted by Gasteiger charge is 2.29. The van der Waals surface area contributed by atoms with Gasteiger partial charge in [-0.3, -0.25) is 4.98 Å². The van der Waals surface area contributed by atoms with Gasteiger partial charge in [0.05, 0.1) is 11.9 Å². The quantitative estimate of drug-likeness (QED) is 0.830. The third kappa shape index (κ3) is 4.75. The Labute approximate surface area is 123 Å². The van der Waals surface area contributed by atoms with Gasteiger partial charge in [0.2, 0.25) is 0 Å². The van der Waals surface area contributed by atoms with E-state index in [1.807, 2.05) is 12.4 Å². The van der Waals surface area contributed by atoms with E-state index in [1.54, 1.807) is 0 Å². The second-order valence-corrected chi connectivity index (χ2v) is 6.75. The van der Waals surface area contributed by atoms with E-state index < -0.39 is 0 Å². The van der Waals surface area contributed by atoms with Crippen LogP contribution < -0.4 is 10.2 Å². The fourth-order valence-electron chi connectivity index (χ4n) is 2.17. The van der Waals surface area contributed by atoms with Crippen LogP contribution in [0.1, 0.15) is 59.1 Å². The van der Waals surface area contributed by atoms with Crippen molar-refractivity contribution in [2.24, 2.45) is 0 Å². The minimum atomic E-state index is 0.107. The molecule has 1 aromatic heterocycles. The van der Waals surface area contributed by atoms with Gasteiger partial charge in [-0.25, -0.2) is 4.98 Å². The number of unbranched alkanes of at least 4 members (excludes halogenated alkanes) is 1. The molecule has 0 bridgehead atoms. The molecule has 4 nitrogen and oxygen atoms in total.